The molecule has 1 aromatic heterocycles. The van der Waals surface area contributed by atoms with Crippen molar-refractivity contribution in [2.24, 2.45) is 0 Å². The van der Waals surface area contributed by atoms with Gasteiger partial charge in [-0.2, -0.15) is 18.2 Å². The zero-order chi connectivity index (χ0) is 14.5. The summed E-state index contributed by atoms with van der Waals surface area (Å²) < 4.78 is 42.7. The first-order valence-corrected chi connectivity index (χ1v) is 6.25. The van der Waals surface area contributed by atoms with Crippen LogP contribution in [0.3, 0.4) is 0 Å². The van der Waals surface area contributed by atoms with Crippen LogP contribution >= 0.6 is 11.6 Å². The smallest absolute Gasteiger partial charge is 0.406 e. The van der Waals surface area contributed by atoms with Crippen LogP contribution in [0.2, 0.25) is 0 Å². The standard InChI is InChI=1S/C11H15ClF3N3O/c1-3-19-9-6-8(2)16-10(17-9)18(5-4-12)7-11(13,14)15/h6H,3-5,7H2,1-2H3. The highest BCUT2D eigenvalue weighted by molar-refractivity contribution is 6.18. The molecule has 0 atom stereocenters. The largest absolute Gasteiger partial charge is 0.478 e. The van der Waals surface area contributed by atoms with E-state index >= 15 is 0 Å². The number of halogens is 4. The van der Waals surface area contributed by atoms with E-state index < -0.39 is 12.7 Å². The monoisotopic (exact) mass is 297 g/mol. The Morgan fingerprint density at radius 2 is 2.05 bits per heavy atom. The molecular formula is C11H15ClF3N3O. The molecule has 0 radical (unpaired) electrons. The first kappa shape index (κ1) is 15.8. The lowest BCUT2D eigenvalue weighted by Gasteiger charge is -2.23. The van der Waals surface area contributed by atoms with Crippen molar-refractivity contribution in [3.8, 4) is 5.88 Å². The predicted molar refractivity (Wildman–Crippen MR) is 66.9 cm³/mol. The molecule has 0 saturated carbocycles. The number of rotatable bonds is 6. The highest BCUT2D eigenvalue weighted by atomic mass is 35.5. The molecule has 1 rings (SSSR count). The molecule has 4 nitrogen and oxygen atoms in total. The van der Waals surface area contributed by atoms with Gasteiger partial charge in [-0.25, -0.2) is 4.98 Å². The lowest BCUT2D eigenvalue weighted by atomic mass is 10.4. The van der Waals surface area contributed by atoms with Crippen LogP contribution in [0.25, 0.3) is 0 Å². The Morgan fingerprint density at radius 1 is 1.37 bits per heavy atom. The maximum atomic E-state index is 12.5. The van der Waals surface area contributed by atoms with Gasteiger partial charge in [-0.05, 0) is 13.8 Å². The van der Waals surface area contributed by atoms with Gasteiger partial charge < -0.3 is 9.64 Å². The zero-order valence-corrected chi connectivity index (χ0v) is 11.4. The fraction of sp³-hybridized carbons (Fsp3) is 0.636. The average Bonchev–Trinajstić information content (AvgIpc) is 2.26. The van der Waals surface area contributed by atoms with Crippen molar-refractivity contribution in [3.63, 3.8) is 0 Å². The third kappa shape index (κ3) is 5.50. The van der Waals surface area contributed by atoms with Crippen molar-refractivity contribution in [2.75, 3.05) is 30.5 Å². The van der Waals surface area contributed by atoms with Gasteiger partial charge in [-0.1, -0.05) is 0 Å². The Morgan fingerprint density at radius 3 is 2.58 bits per heavy atom. The Hall–Kier alpha value is -1.24. The first-order chi connectivity index (χ1) is 8.85. The normalized spacial score (nSPS) is 11.5. The van der Waals surface area contributed by atoms with E-state index in [-0.39, 0.29) is 24.3 Å². The molecule has 1 heterocycles. The van der Waals surface area contributed by atoms with Crippen LogP contribution in [-0.2, 0) is 0 Å². The van der Waals surface area contributed by atoms with Crippen molar-refractivity contribution in [1.82, 2.24) is 9.97 Å². The molecule has 0 fully saturated rings. The highest BCUT2D eigenvalue weighted by Crippen LogP contribution is 2.21. The van der Waals surface area contributed by atoms with E-state index in [0.29, 0.717) is 12.3 Å². The van der Waals surface area contributed by atoms with Crippen molar-refractivity contribution in [2.45, 2.75) is 20.0 Å². The van der Waals surface area contributed by atoms with Gasteiger partial charge >= 0.3 is 6.18 Å². The lowest BCUT2D eigenvalue weighted by molar-refractivity contribution is -0.119. The minimum absolute atomic E-state index is 0.0100. The third-order valence-electron chi connectivity index (χ3n) is 2.12. The summed E-state index contributed by atoms with van der Waals surface area (Å²) >= 11 is 5.52. The molecule has 8 heteroatoms. The second kappa shape index (κ2) is 6.79. The third-order valence-corrected chi connectivity index (χ3v) is 2.29. The summed E-state index contributed by atoms with van der Waals surface area (Å²) in [7, 11) is 0. The topological polar surface area (TPSA) is 38.2 Å². The van der Waals surface area contributed by atoms with Crippen molar-refractivity contribution >= 4 is 17.5 Å². The maximum Gasteiger partial charge on any atom is 0.406 e. The van der Waals surface area contributed by atoms with E-state index in [2.05, 4.69) is 9.97 Å². The fourth-order valence-corrected chi connectivity index (χ4v) is 1.66. The molecule has 0 N–H and O–H groups in total. The molecule has 0 aliphatic carbocycles. The number of hydrogen-bond acceptors (Lipinski definition) is 4. The minimum Gasteiger partial charge on any atom is -0.478 e. The van der Waals surface area contributed by atoms with Crippen LogP contribution in [-0.4, -0.2) is 41.7 Å². The van der Waals surface area contributed by atoms with Gasteiger partial charge in [0.1, 0.15) is 6.54 Å². The number of hydrogen-bond donors (Lipinski definition) is 0. The number of aromatic nitrogens is 2. The summed E-state index contributed by atoms with van der Waals surface area (Å²) in [6.45, 7) is 2.68. The fourth-order valence-electron chi connectivity index (χ4n) is 1.46. The van der Waals surface area contributed by atoms with E-state index in [1.807, 2.05) is 0 Å². The van der Waals surface area contributed by atoms with Crippen LogP contribution in [0.15, 0.2) is 6.07 Å². The van der Waals surface area contributed by atoms with E-state index in [4.69, 9.17) is 16.3 Å². The number of anilines is 1. The molecule has 0 aliphatic heterocycles. The lowest BCUT2D eigenvalue weighted by Crippen LogP contribution is -2.37. The summed E-state index contributed by atoms with van der Waals surface area (Å²) in [5.41, 5.74) is 0.537. The van der Waals surface area contributed by atoms with E-state index in [1.54, 1.807) is 19.9 Å². The zero-order valence-electron chi connectivity index (χ0n) is 10.7. The van der Waals surface area contributed by atoms with Crippen molar-refractivity contribution < 1.29 is 17.9 Å². The van der Waals surface area contributed by atoms with Crippen molar-refractivity contribution in [1.29, 1.82) is 0 Å². The van der Waals surface area contributed by atoms with Gasteiger partial charge in [-0.15, -0.1) is 11.6 Å². The maximum absolute atomic E-state index is 12.5. The first-order valence-electron chi connectivity index (χ1n) is 5.72. The van der Waals surface area contributed by atoms with Gasteiger partial charge in [-0.3, -0.25) is 0 Å². The molecule has 1 aromatic rings. The molecule has 0 aromatic carbocycles. The van der Waals surface area contributed by atoms with E-state index in [1.165, 1.54) is 0 Å². The van der Waals surface area contributed by atoms with Crippen molar-refractivity contribution in [3.05, 3.63) is 11.8 Å². The molecule has 0 spiro atoms. The Balaban J connectivity index is 3.00. The molecule has 0 aliphatic rings. The molecular weight excluding hydrogens is 283 g/mol. The highest BCUT2D eigenvalue weighted by Gasteiger charge is 2.32. The molecule has 108 valence electrons. The summed E-state index contributed by atoms with van der Waals surface area (Å²) in [6.07, 6.45) is -4.34. The Kier molecular flexibility index (Phi) is 5.65. The summed E-state index contributed by atoms with van der Waals surface area (Å²) in [5.74, 6) is 0.283. The van der Waals surface area contributed by atoms with Crippen LogP contribution in [0.1, 0.15) is 12.6 Å². The van der Waals surface area contributed by atoms with Gasteiger partial charge in [0.15, 0.2) is 0 Å². The molecule has 0 saturated heterocycles. The Bertz CT molecular complexity index is 415. The van der Waals surface area contributed by atoms with Crippen LogP contribution in [0.5, 0.6) is 5.88 Å². The number of ether oxygens (including phenoxy) is 1. The van der Waals surface area contributed by atoms with Crippen LogP contribution < -0.4 is 9.64 Å². The Labute approximate surface area is 114 Å². The SMILES string of the molecule is CCOc1cc(C)nc(N(CCCl)CC(F)(F)F)n1. The van der Waals surface area contributed by atoms with Crippen LogP contribution in [0, 0.1) is 6.92 Å². The van der Waals surface area contributed by atoms with E-state index in [9.17, 15) is 13.2 Å². The minimum atomic E-state index is -4.34. The second-order valence-corrected chi connectivity index (χ2v) is 4.18. The second-order valence-electron chi connectivity index (χ2n) is 3.81. The summed E-state index contributed by atoms with van der Waals surface area (Å²) in [6, 6.07) is 1.57. The van der Waals surface area contributed by atoms with Gasteiger partial charge in [0.05, 0.1) is 6.61 Å². The van der Waals surface area contributed by atoms with Gasteiger partial charge in [0, 0.05) is 24.2 Å². The van der Waals surface area contributed by atoms with Gasteiger partial charge in [0.2, 0.25) is 11.8 Å². The summed E-state index contributed by atoms with van der Waals surface area (Å²) in [4.78, 5) is 8.94. The quantitative estimate of drug-likeness (QED) is 0.757. The predicted octanol–water partition coefficient (Wildman–Crippen LogP) is 2.79. The summed E-state index contributed by atoms with van der Waals surface area (Å²) in [5, 5.41) is 0. The van der Waals surface area contributed by atoms with E-state index in [0.717, 1.165) is 4.90 Å². The van der Waals surface area contributed by atoms with Crippen LogP contribution in [0.4, 0.5) is 19.1 Å². The molecule has 0 amide bonds. The molecule has 0 unspecified atom stereocenters. The van der Waals surface area contributed by atoms with Gasteiger partial charge in [0.25, 0.3) is 0 Å². The number of aryl methyl sites for hydroxylation is 1. The molecule has 19 heavy (non-hydrogen) atoms. The average molecular weight is 298 g/mol. The number of nitrogens with zero attached hydrogens (tertiary/aromatic N) is 3. The molecule has 0 bridgehead atoms. The number of alkyl halides is 4.